The van der Waals surface area contributed by atoms with Crippen molar-refractivity contribution in [1.29, 1.82) is 0 Å². The Hall–Kier alpha value is -0.410. The van der Waals surface area contributed by atoms with E-state index in [2.05, 4.69) is 0 Å². The molecule has 2 rings (SSSR count). The molecule has 1 aliphatic carbocycles. The topological polar surface area (TPSA) is 35.5 Å². The minimum Gasteiger partial charge on any atom is -0.347 e. The second kappa shape index (κ2) is 4.41. The van der Waals surface area contributed by atoms with Crippen molar-refractivity contribution in [2.24, 2.45) is 0 Å². The summed E-state index contributed by atoms with van der Waals surface area (Å²) in [7, 11) is 0. The van der Waals surface area contributed by atoms with Gasteiger partial charge in [0.15, 0.2) is 5.79 Å². The standard InChI is InChI=1S/C11H18O3/c12-8-4-5-10-9-13-11(14-10)6-2-1-3-7-11/h8,10H,1-7,9H2/t10-/m0/s1. The average molecular weight is 198 g/mol. The van der Waals surface area contributed by atoms with Crippen LogP contribution in [0, 0.1) is 0 Å². The molecule has 80 valence electrons. The summed E-state index contributed by atoms with van der Waals surface area (Å²) >= 11 is 0. The van der Waals surface area contributed by atoms with Crippen molar-refractivity contribution in [3.05, 3.63) is 0 Å². The number of rotatable bonds is 3. The van der Waals surface area contributed by atoms with Gasteiger partial charge in [-0.3, -0.25) is 0 Å². The molecular formula is C11H18O3. The van der Waals surface area contributed by atoms with E-state index in [1.165, 1.54) is 19.3 Å². The van der Waals surface area contributed by atoms with Gasteiger partial charge in [0.2, 0.25) is 0 Å². The van der Waals surface area contributed by atoms with Crippen LogP contribution in [0.4, 0.5) is 0 Å². The number of carbonyl (C=O) groups excluding carboxylic acids is 1. The van der Waals surface area contributed by atoms with Gasteiger partial charge in [-0.2, -0.15) is 0 Å². The lowest BCUT2D eigenvalue weighted by Gasteiger charge is -2.31. The first-order valence-electron chi connectivity index (χ1n) is 5.60. The number of hydrogen-bond acceptors (Lipinski definition) is 3. The molecule has 0 amide bonds. The highest BCUT2D eigenvalue weighted by atomic mass is 16.7. The summed E-state index contributed by atoms with van der Waals surface area (Å²) in [5.41, 5.74) is 0. The molecule has 3 heteroatoms. The SMILES string of the molecule is O=CCC[C@H]1COC2(CCCCC2)O1. The van der Waals surface area contributed by atoms with E-state index in [0.29, 0.717) is 13.0 Å². The van der Waals surface area contributed by atoms with Gasteiger partial charge in [0.25, 0.3) is 0 Å². The summed E-state index contributed by atoms with van der Waals surface area (Å²) < 4.78 is 11.7. The van der Waals surface area contributed by atoms with E-state index < -0.39 is 0 Å². The molecule has 0 aromatic heterocycles. The zero-order chi connectivity index (χ0) is 9.86. The van der Waals surface area contributed by atoms with Crippen molar-refractivity contribution in [3.8, 4) is 0 Å². The van der Waals surface area contributed by atoms with Crippen molar-refractivity contribution < 1.29 is 14.3 Å². The minimum absolute atomic E-state index is 0.151. The summed E-state index contributed by atoms with van der Waals surface area (Å²) in [5.74, 6) is -0.272. The molecule has 1 saturated carbocycles. The molecule has 0 unspecified atom stereocenters. The molecule has 1 spiro atoms. The fraction of sp³-hybridized carbons (Fsp3) is 0.909. The summed E-state index contributed by atoms with van der Waals surface area (Å²) in [6, 6.07) is 0. The van der Waals surface area contributed by atoms with Gasteiger partial charge in [0.05, 0.1) is 12.7 Å². The van der Waals surface area contributed by atoms with E-state index in [-0.39, 0.29) is 11.9 Å². The van der Waals surface area contributed by atoms with Crippen LogP contribution < -0.4 is 0 Å². The summed E-state index contributed by atoms with van der Waals surface area (Å²) in [5, 5.41) is 0. The molecule has 1 saturated heterocycles. The second-order valence-corrected chi connectivity index (χ2v) is 4.27. The van der Waals surface area contributed by atoms with Crippen LogP contribution in [0.25, 0.3) is 0 Å². The van der Waals surface area contributed by atoms with Crippen LogP contribution in [0.5, 0.6) is 0 Å². The van der Waals surface area contributed by atoms with Crippen LogP contribution >= 0.6 is 0 Å². The van der Waals surface area contributed by atoms with Crippen LogP contribution in [0.3, 0.4) is 0 Å². The van der Waals surface area contributed by atoms with Crippen LogP contribution in [0.1, 0.15) is 44.9 Å². The Bertz CT molecular complexity index is 197. The highest BCUT2D eigenvalue weighted by Gasteiger charge is 2.41. The fourth-order valence-corrected chi connectivity index (χ4v) is 2.37. The molecule has 3 nitrogen and oxygen atoms in total. The second-order valence-electron chi connectivity index (χ2n) is 4.27. The van der Waals surface area contributed by atoms with Gasteiger partial charge in [0, 0.05) is 19.3 Å². The van der Waals surface area contributed by atoms with Gasteiger partial charge >= 0.3 is 0 Å². The third kappa shape index (κ3) is 2.15. The van der Waals surface area contributed by atoms with Crippen LogP contribution in [-0.2, 0) is 14.3 Å². The quantitative estimate of drug-likeness (QED) is 0.651. The predicted octanol–water partition coefficient (Wildman–Crippen LogP) is 2.04. The van der Waals surface area contributed by atoms with E-state index in [4.69, 9.17) is 9.47 Å². The lowest BCUT2D eigenvalue weighted by atomic mass is 9.94. The van der Waals surface area contributed by atoms with Crippen LogP contribution in [0.15, 0.2) is 0 Å². The number of hydrogen-bond donors (Lipinski definition) is 0. The Morgan fingerprint density at radius 2 is 2.07 bits per heavy atom. The highest BCUT2D eigenvalue weighted by Crippen LogP contribution is 2.38. The maximum Gasteiger partial charge on any atom is 0.168 e. The summed E-state index contributed by atoms with van der Waals surface area (Å²) in [4.78, 5) is 10.2. The molecular weight excluding hydrogens is 180 g/mol. The largest absolute Gasteiger partial charge is 0.347 e. The van der Waals surface area contributed by atoms with Gasteiger partial charge in [-0.15, -0.1) is 0 Å². The predicted molar refractivity (Wildman–Crippen MR) is 51.9 cm³/mol. The molecule has 14 heavy (non-hydrogen) atoms. The normalized spacial score (nSPS) is 30.7. The van der Waals surface area contributed by atoms with Crippen molar-refractivity contribution in [2.45, 2.75) is 56.8 Å². The van der Waals surface area contributed by atoms with Gasteiger partial charge in [-0.1, -0.05) is 6.42 Å². The first-order chi connectivity index (χ1) is 6.85. The Balaban J connectivity index is 1.82. The maximum absolute atomic E-state index is 10.2. The zero-order valence-electron chi connectivity index (χ0n) is 8.54. The molecule has 0 aromatic carbocycles. The Morgan fingerprint density at radius 1 is 1.29 bits per heavy atom. The highest BCUT2D eigenvalue weighted by molar-refractivity contribution is 5.49. The van der Waals surface area contributed by atoms with Crippen molar-refractivity contribution in [3.63, 3.8) is 0 Å². The van der Waals surface area contributed by atoms with E-state index >= 15 is 0 Å². The van der Waals surface area contributed by atoms with Gasteiger partial charge in [0.1, 0.15) is 6.29 Å². The maximum atomic E-state index is 10.2. The van der Waals surface area contributed by atoms with E-state index in [1.807, 2.05) is 0 Å². The lowest BCUT2D eigenvalue weighted by Crippen LogP contribution is -2.33. The first-order valence-corrected chi connectivity index (χ1v) is 5.60. The van der Waals surface area contributed by atoms with Crippen molar-refractivity contribution >= 4 is 6.29 Å². The van der Waals surface area contributed by atoms with E-state index in [9.17, 15) is 4.79 Å². The van der Waals surface area contributed by atoms with Gasteiger partial charge < -0.3 is 14.3 Å². The number of ether oxygens (including phenoxy) is 2. The molecule has 1 heterocycles. The molecule has 2 aliphatic rings. The molecule has 0 aromatic rings. The number of aldehydes is 1. The fourth-order valence-electron chi connectivity index (χ4n) is 2.37. The van der Waals surface area contributed by atoms with Crippen molar-refractivity contribution in [2.75, 3.05) is 6.61 Å². The Labute approximate surface area is 84.8 Å². The van der Waals surface area contributed by atoms with E-state index in [1.54, 1.807) is 0 Å². The monoisotopic (exact) mass is 198 g/mol. The Morgan fingerprint density at radius 3 is 2.79 bits per heavy atom. The number of carbonyl (C=O) groups is 1. The van der Waals surface area contributed by atoms with Crippen LogP contribution in [-0.4, -0.2) is 24.8 Å². The third-order valence-corrected chi connectivity index (χ3v) is 3.14. The van der Waals surface area contributed by atoms with Crippen LogP contribution in [0.2, 0.25) is 0 Å². The molecule has 1 aliphatic heterocycles. The molecule has 1 atom stereocenters. The Kier molecular flexibility index (Phi) is 3.19. The van der Waals surface area contributed by atoms with E-state index in [0.717, 1.165) is 25.5 Å². The third-order valence-electron chi connectivity index (χ3n) is 3.14. The van der Waals surface area contributed by atoms with Crippen molar-refractivity contribution in [1.82, 2.24) is 0 Å². The molecule has 0 radical (unpaired) electrons. The van der Waals surface area contributed by atoms with Gasteiger partial charge in [-0.25, -0.2) is 0 Å². The van der Waals surface area contributed by atoms with Gasteiger partial charge in [-0.05, 0) is 19.3 Å². The molecule has 0 bridgehead atoms. The average Bonchev–Trinajstić information content (AvgIpc) is 2.60. The summed E-state index contributed by atoms with van der Waals surface area (Å²) in [6.07, 6.45) is 8.28. The summed E-state index contributed by atoms with van der Waals surface area (Å²) in [6.45, 7) is 0.674. The minimum atomic E-state index is -0.272. The smallest absolute Gasteiger partial charge is 0.168 e. The molecule has 2 fully saturated rings. The molecule has 0 N–H and O–H groups in total. The first kappa shape index (κ1) is 10.1. The zero-order valence-corrected chi connectivity index (χ0v) is 8.54. The lowest BCUT2D eigenvalue weighted by molar-refractivity contribution is -0.187.